The molecule has 0 fully saturated rings. The van der Waals surface area contributed by atoms with Crippen LogP contribution < -0.4 is 14.8 Å². The minimum Gasteiger partial charge on any atom is -0.497 e. The van der Waals surface area contributed by atoms with Crippen molar-refractivity contribution in [3.05, 3.63) is 48.3 Å². The van der Waals surface area contributed by atoms with Gasteiger partial charge in [0.05, 0.1) is 13.3 Å². The van der Waals surface area contributed by atoms with Crippen LogP contribution in [0.2, 0.25) is 0 Å². The third-order valence-electron chi connectivity index (χ3n) is 2.87. The number of nitrogens with one attached hydrogen (secondary N) is 2. The van der Waals surface area contributed by atoms with Crippen LogP contribution in [0.5, 0.6) is 17.2 Å². The van der Waals surface area contributed by atoms with Crippen molar-refractivity contribution >= 4 is 11.6 Å². The van der Waals surface area contributed by atoms with Gasteiger partial charge in [0.15, 0.2) is 17.4 Å². The van der Waals surface area contributed by atoms with E-state index in [1.165, 1.54) is 0 Å². The molecule has 0 radical (unpaired) electrons. The number of aromatic nitrogens is 4. The number of ether oxygens (including phenoxy) is 2. The Morgan fingerprint density at radius 1 is 1.05 bits per heavy atom. The fourth-order valence-electron chi connectivity index (χ4n) is 1.88. The first-order valence-corrected chi connectivity index (χ1v) is 6.66. The SMILES string of the molecule is COc1cccc(Oc2cnnc(Nc3cc(C)[nH]n3)c2)c1. The maximum absolute atomic E-state index is 5.75. The molecule has 112 valence electrons. The van der Waals surface area contributed by atoms with Gasteiger partial charge in [-0.05, 0) is 19.1 Å². The number of rotatable bonds is 5. The molecular formula is C15H15N5O2. The summed E-state index contributed by atoms with van der Waals surface area (Å²) in [6, 6.07) is 11.0. The molecule has 2 heterocycles. The Morgan fingerprint density at radius 2 is 1.91 bits per heavy atom. The fourth-order valence-corrected chi connectivity index (χ4v) is 1.88. The highest BCUT2D eigenvalue weighted by atomic mass is 16.5. The van der Waals surface area contributed by atoms with E-state index in [-0.39, 0.29) is 0 Å². The highest BCUT2D eigenvalue weighted by Gasteiger charge is 2.04. The number of benzene rings is 1. The average molecular weight is 297 g/mol. The smallest absolute Gasteiger partial charge is 0.157 e. The highest BCUT2D eigenvalue weighted by molar-refractivity contribution is 5.53. The van der Waals surface area contributed by atoms with Crippen molar-refractivity contribution in [1.82, 2.24) is 20.4 Å². The average Bonchev–Trinajstić information content (AvgIpc) is 2.93. The van der Waals surface area contributed by atoms with E-state index in [0.29, 0.717) is 23.1 Å². The van der Waals surface area contributed by atoms with Gasteiger partial charge in [0.2, 0.25) is 0 Å². The maximum atomic E-state index is 5.75. The van der Waals surface area contributed by atoms with Gasteiger partial charge in [-0.25, -0.2) is 0 Å². The molecule has 7 nitrogen and oxygen atoms in total. The van der Waals surface area contributed by atoms with E-state index >= 15 is 0 Å². The molecule has 2 N–H and O–H groups in total. The summed E-state index contributed by atoms with van der Waals surface area (Å²) >= 11 is 0. The summed E-state index contributed by atoms with van der Waals surface area (Å²) in [5.41, 5.74) is 0.958. The lowest BCUT2D eigenvalue weighted by molar-refractivity contribution is 0.409. The summed E-state index contributed by atoms with van der Waals surface area (Å²) in [5, 5.41) is 17.9. The van der Waals surface area contributed by atoms with Crippen LogP contribution in [0.3, 0.4) is 0 Å². The molecule has 0 spiro atoms. The molecule has 1 aromatic carbocycles. The van der Waals surface area contributed by atoms with Gasteiger partial charge < -0.3 is 14.8 Å². The number of hydrogen-bond acceptors (Lipinski definition) is 6. The van der Waals surface area contributed by atoms with Crippen molar-refractivity contribution in [1.29, 1.82) is 0 Å². The van der Waals surface area contributed by atoms with Crippen LogP contribution in [-0.2, 0) is 0 Å². The normalized spacial score (nSPS) is 10.3. The van der Waals surface area contributed by atoms with Crippen molar-refractivity contribution in [2.45, 2.75) is 6.92 Å². The van der Waals surface area contributed by atoms with Gasteiger partial charge in [0.25, 0.3) is 0 Å². The monoisotopic (exact) mass is 297 g/mol. The molecule has 2 aromatic heterocycles. The lowest BCUT2D eigenvalue weighted by atomic mass is 10.3. The maximum Gasteiger partial charge on any atom is 0.157 e. The van der Waals surface area contributed by atoms with Crippen LogP contribution in [0.15, 0.2) is 42.6 Å². The molecule has 7 heteroatoms. The quantitative estimate of drug-likeness (QED) is 0.753. The van der Waals surface area contributed by atoms with E-state index in [2.05, 4.69) is 25.7 Å². The van der Waals surface area contributed by atoms with E-state index in [0.717, 1.165) is 11.4 Å². The Kier molecular flexibility index (Phi) is 3.86. The molecule has 0 aliphatic rings. The molecule has 3 rings (SSSR count). The molecule has 0 atom stereocenters. The largest absolute Gasteiger partial charge is 0.497 e. The predicted molar refractivity (Wildman–Crippen MR) is 81.7 cm³/mol. The van der Waals surface area contributed by atoms with Gasteiger partial charge in [-0.2, -0.15) is 10.2 Å². The molecule has 3 aromatic rings. The zero-order valence-electron chi connectivity index (χ0n) is 12.2. The molecule has 0 saturated carbocycles. The van der Waals surface area contributed by atoms with E-state index in [1.807, 2.05) is 31.2 Å². The van der Waals surface area contributed by atoms with Crippen LogP contribution in [0.1, 0.15) is 5.69 Å². The Bertz CT molecular complexity index is 772. The van der Waals surface area contributed by atoms with E-state index < -0.39 is 0 Å². The number of aryl methyl sites for hydroxylation is 1. The molecule has 0 bridgehead atoms. The molecule has 0 saturated heterocycles. The molecule has 0 amide bonds. The summed E-state index contributed by atoms with van der Waals surface area (Å²) in [7, 11) is 1.61. The minimum absolute atomic E-state index is 0.548. The van der Waals surface area contributed by atoms with E-state index in [1.54, 1.807) is 25.4 Å². The summed E-state index contributed by atoms with van der Waals surface area (Å²) in [4.78, 5) is 0. The van der Waals surface area contributed by atoms with Gasteiger partial charge >= 0.3 is 0 Å². The third kappa shape index (κ3) is 3.32. The van der Waals surface area contributed by atoms with E-state index in [9.17, 15) is 0 Å². The van der Waals surface area contributed by atoms with E-state index in [4.69, 9.17) is 9.47 Å². The molecule has 0 unspecified atom stereocenters. The Balaban J connectivity index is 1.75. The number of H-pyrrole nitrogens is 1. The number of hydrogen-bond donors (Lipinski definition) is 2. The first-order chi connectivity index (χ1) is 10.7. The van der Waals surface area contributed by atoms with Crippen molar-refractivity contribution in [2.24, 2.45) is 0 Å². The summed E-state index contributed by atoms with van der Waals surface area (Å²) in [5.74, 6) is 3.18. The van der Waals surface area contributed by atoms with Crippen LogP contribution in [-0.4, -0.2) is 27.5 Å². The lowest BCUT2D eigenvalue weighted by Gasteiger charge is -2.08. The Labute approximate surface area is 127 Å². The van der Waals surface area contributed by atoms with Gasteiger partial charge in [0.1, 0.15) is 11.5 Å². The number of methoxy groups -OCH3 is 1. The van der Waals surface area contributed by atoms with Crippen LogP contribution in [0, 0.1) is 6.92 Å². The summed E-state index contributed by atoms with van der Waals surface area (Å²) in [6.45, 7) is 1.92. The van der Waals surface area contributed by atoms with Gasteiger partial charge in [0, 0.05) is 23.9 Å². The summed E-state index contributed by atoms with van der Waals surface area (Å²) < 4.78 is 10.9. The van der Waals surface area contributed by atoms with Crippen molar-refractivity contribution in [3.63, 3.8) is 0 Å². The third-order valence-corrected chi connectivity index (χ3v) is 2.87. The Hall–Kier alpha value is -3.09. The van der Waals surface area contributed by atoms with Gasteiger partial charge in [-0.3, -0.25) is 5.10 Å². The van der Waals surface area contributed by atoms with Crippen LogP contribution in [0.25, 0.3) is 0 Å². The summed E-state index contributed by atoms with van der Waals surface area (Å²) in [6.07, 6.45) is 1.54. The Morgan fingerprint density at radius 3 is 2.68 bits per heavy atom. The predicted octanol–water partition coefficient (Wildman–Crippen LogP) is 3.05. The van der Waals surface area contributed by atoms with Crippen molar-refractivity contribution < 1.29 is 9.47 Å². The standard InChI is InChI=1S/C15H15N5O2/c1-10-6-14(20-18-10)17-15-8-13(9-16-19-15)22-12-5-3-4-11(7-12)21-2/h3-9H,1-2H3,(H2,17,18,19,20). The minimum atomic E-state index is 0.548. The zero-order chi connectivity index (χ0) is 15.4. The fraction of sp³-hybridized carbons (Fsp3) is 0.133. The second-order valence-corrected chi connectivity index (χ2v) is 4.62. The molecule has 0 aliphatic carbocycles. The second kappa shape index (κ2) is 6.13. The molecule has 22 heavy (non-hydrogen) atoms. The van der Waals surface area contributed by atoms with Crippen LogP contribution >= 0.6 is 0 Å². The molecular weight excluding hydrogens is 282 g/mol. The highest BCUT2D eigenvalue weighted by Crippen LogP contribution is 2.26. The van der Waals surface area contributed by atoms with Crippen LogP contribution in [0.4, 0.5) is 11.6 Å². The number of aromatic amines is 1. The van der Waals surface area contributed by atoms with Crippen molar-refractivity contribution in [2.75, 3.05) is 12.4 Å². The number of nitrogens with zero attached hydrogens (tertiary/aromatic N) is 3. The lowest BCUT2D eigenvalue weighted by Crippen LogP contribution is -1.96. The first-order valence-electron chi connectivity index (χ1n) is 6.66. The van der Waals surface area contributed by atoms with Crippen molar-refractivity contribution in [3.8, 4) is 17.2 Å². The topological polar surface area (TPSA) is 85.0 Å². The van der Waals surface area contributed by atoms with Gasteiger partial charge in [-0.15, -0.1) is 5.10 Å². The first kappa shape index (κ1) is 13.9. The zero-order valence-corrected chi connectivity index (χ0v) is 12.2. The second-order valence-electron chi connectivity index (χ2n) is 4.62. The molecule has 0 aliphatic heterocycles. The van der Waals surface area contributed by atoms with Gasteiger partial charge in [-0.1, -0.05) is 6.07 Å². The number of anilines is 2.